The summed E-state index contributed by atoms with van der Waals surface area (Å²) in [5, 5.41) is 25.6. The Balaban J connectivity index is 2.27. The topological polar surface area (TPSA) is 58.7 Å². The normalized spacial score (nSPS) is 13.4. The molecule has 0 aliphatic heterocycles. The molecule has 0 amide bonds. The van der Waals surface area contributed by atoms with Gasteiger partial charge < -0.3 is 10.4 Å². The summed E-state index contributed by atoms with van der Waals surface area (Å²) >= 11 is 1.26. The third kappa shape index (κ3) is 3.85. The molecule has 0 spiro atoms. The van der Waals surface area contributed by atoms with Gasteiger partial charge in [-0.3, -0.25) is 0 Å². The van der Waals surface area contributed by atoms with Crippen LogP contribution in [0.2, 0.25) is 0 Å². The zero-order chi connectivity index (χ0) is 16.2. The maximum atomic E-state index is 12.8. The lowest BCUT2D eigenvalue weighted by atomic mass is 10.1. The van der Waals surface area contributed by atoms with Crippen LogP contribution in [0.25, 0.3) is 0 Å². The number of hydrogen-bond donors (Lipinski definition) is 1. The fraction of sp³-hybridized carbons (Fsp3) is 0.143. The van der Waals surface area contributed by atoms with Gasteiger partial charge in [0.15, 0.2) is 18.5 Å². The van der Waals surface area contributed by atoms with Crippen LogP contribution in [0.1, 0.15) is 16.0 Å². The van der Waals surface area contributed by atoms with Crippen molar-refractivity contribution in [1.29, 1.82) is 0 Å². The van der Waals surface area contributed by atoms with Gasteiger partial charge in [-0.05, 0) is 23.6 Å². The van der Waals surface area contributed by atoms with E-state index in [0.29, 0.717) is 9.62 Å². The Morgan fingerprint density at radius 3 is 2.59 bits per heavy atom. The summed E-state index contributed by atoms with van der Waals surface area (Å²) in [5.41, 5.74) is -1.05. The van der Waals surface area contributed by atoms with E-state index in [1.54, 1.807) is 17.5 Å². The quantitative estimate of drug-likeness (QED) is 0.307. The first kappa shape index (κ1) is 16.0. The Labute approximate surface area is 128 Å². The number of oxime groups is 1. The van der Waals surface area contributed by atoms with Gasteiger partial charge in [-0.25, -0.2) is 4.74 Å². The van der Waals surface area contributed by atoms with Crippen molar-refractivity contribution in [2.75, 3.05) is 6.54 Å². The van der Waals surface area contributed by atoms with E-state index in [2.05, 4.69) is 5.16 Å². The number of nitrogens with zero attached hydrogens (tertiary/aromatic N) is 2. The zero-order valence-electron chi connectivity index (χ0n) is 11.1. The minimum Gasteiger partial charge on any atom is -0.623 e. The van der Waals surface area contributed by atoms with Crippen LogP contribution in [0.3, 0.4) is 0 Å². The molecule has 1 aromatic heterocycles. The number of hydrogen-bond acceptors (Lipinski definition) is 4. The Kier molecular flexibility index (Phi) is 4.81. The number of rotatable bonds is 4. The summed E-state index contributed by atoms with van der Waals surface area (Å²) in [4.78, 5) is 0.570. The van der Waals surface area contributed by atoms with Gasteiger partial charge in [0.25, 0.3) is 0 Å². The number of thiophene rings is 1. The molecule has 2 rings (SSSR count). The van der Waals surface area contributed by atoms with E-state index < -0.39 is 11.7 Å². The van der Waals surface area contributed by atoms with E-state index in [1.165, 1.54) is 29.5 Å². The highest BCUT2D eigenvalue weighted by Crippen LogP contribution is 2.31. The fourth-order valence-electron chi connectivity index (χ4n) is 1.82. The maximum Gasteiger partial charge on any atom is 0.417 e. The molecule has 0 radical (unpaired) electrons. The molecular formula is C14H11F3N2O2S. The molecule has 1 aromatic carbocycles. The van der Waals surface area contributed by atoms with Crippen molar-refractivity contribution in [3.05, 3.63) is 63.0 Å². The summed E-state index contributed by atoms with van der Waals surface area (Å²) in [5.74, 6) is 0. The molecule has 2 aromatic rings. The lowest BCUT2D eigenvalue weighted by molar-refractivity contribution is -0.434. The molecule has 116 valence electrons. The third-order valence-corrected chi connectivity index (χ3v) is 3.70. The molecule has 0 bridgehead atoms. The first-order chi connectivity index (χ1) is 10.4. The van der Waals surface area contributed by atoms with Crippen molar-refractivity contribution >= 4 is 23.3 Å². The molecular weight excluding hydrogens is 317 g/mol. The summed E-state index contributed by atoms with van der Waals surface area (Å²) < 4.78 is 38.8. The first-order valence-corrected chi connectivity index (χ1v) is 6.99. The van der Waals surface area contributed by atoms with Gasteiger partial charge >= 0.3 is 6.18 Å². The molecule has 0 saturated carbocycles. The third-order valence-electron chi connectivity index (χ3n) is 2.78. The van der Waals surface area contributed by atoms with Gasteiger partial charge in [0.05, 0.1) is 16.0 Å². The number of benzene rings is 1. The Morgan fingerprint density at radius 1 is 1.27 bits per heavy atom. The second-order valence-electron chi connectivity index (χ2n) is 4.31. The van der Waals surface area contributed by atoms with Crippen LogP contribution in [-0.2, 0) is 6.18 Å². The van der Waals surface area contributed by atoms with Gasteiger partial charge in [-0.2, -0.15) is 13.2 Å². The van der Waals surface area contributed by atoms with Gasteiger partial charge in [-0.15, -0.1) is 11.3 Å². The predicted molar refractivity (Wildman–Crippen MR) is 77.7 cm³/mol. The summed E-state index contributed by atoms with van der Waals surface area (Å²) in [7, 11) is 0. The second kappa shape index (κ2) is 6.61. The molecule has 22 heavy (non-hydrogen) atoms. The molecule has 0 atom stereocenters. The van der Waals surface area contributed by atoms with Crippen molar-refractivity contribution in [1.82, 2.24) is 0 Å². The van der Waals surface area contributed by atoms with E-state index >= 15 is 0 Å². The second-order valence-corrected chi connectivity index (χ2v) is 5.26. The Hall–Kier alpha value is -2.35. The van der Waals surface area contributed by atoms with Gasteiger partial charge in [0, 0.05) is 0 Å². The van der Waals surface area contributed by atoms with Gasteiger partial charge in [0.1, 0.15) is 0 Å². The van der Waals surface area contributed by atoms with Crippen LogP contribution in [0.5, 0.6) is 0 Å². The highest BCUT2D eigenvalue weighted by molar-refractivity contribution is 7.12. The van der Waals surface area contributed by atoms with Crippen molar-refractivity contribution in [2.45, 2.75) is 6.18 Å². The molecule has 0 aliphatic carbocycles. The van der Waals surface area contributed by atoms with Crippen LogP contribution in [-0.4, -0.2) is 28.4 Å². The molecule has 0 saturated heterocycles. The molecule has 0 fully saturated rings. The van der Waals surface area contributed by atoms with E-state index in [9.17, 15) is 18.4 Å². The smallest absolute Gasteiger partial charge is 0.417 e. The average molecular weight is 328 g/mol. The first-order valence-electron chi connectivity index (χ1n) is 6.11. The van der Waals surface area contributed by atoms with Gasteiger partial charge in [-0.1, -0.05) is 23.4 Å². The Morgan fingerprint density at radius 2 is 2.00 bits per heavy atom. The van der Waals surface area contributed by atoms with Crippen LogP contribution >= 0.6 is 11.3 Å². The largest absolute Gasteiger partial charge is 0.623 e. The molecule has 4 nitrogen and oxygen atoms in total. The summed E-state index contributed by atoms with van der Waals surface area (Å²) in [6.07, 6.45) is -3.71. The minimum absolute atomic E-state index is 0.0886. The SMILES string of the molecule is [O-]/[N+](=C\c1ccccc1C(F)(F)F)C/C(=N/O)c1cccs1. The highest BCUT2D eigenvalue weighted by atomic mass is 32.1. The fourth-order valence-corrected chi connectivity index (χ4v) is 2.52. The molecule has 1 heterocycles. The lowest BCUT2D eigenvalue weighted by Crippen LogP contribution is -2.19. The molecule has 0 unspecified atom stereocenters. The van der Waals surface area contributed by atoms with Gasteiger partial charge in [0.2, 0.25) is 0 Å². The summed E-state index contributed by atoms with van der Waals surface area (Å²) in [6, 6.07) is 8.13. The van der Waals surface area contributed by atoms with E-state index in [0.717, 1.165) is 12.3 Å². The van der Waals surface area contributed by atoms with E-state index in [1.807, 2.05) is 0 Å². The van der Waals surface area contributed by atoms with Crippen LogP contribution in [0.4, 0.5) is 13.2 Å². The monoisotopic (exact) mass is 328 g/mol. The molecule has 0 aliphatic rings. The average Bonchev–Trinajstić information content (AvgIpc) is 2.98. The Bertz CT molecular complexity index is 694. The van der Waals surface area contributed by atoms with Crippen LogP contribution < -0.4 is 0 Å². The van der Waals surface area contributed by atoms with Crippen molar-refractivity contribution in [2.24, 2.45) is 5.16 Å². The van der Waals surface area contributed by atoms with E-state index in [4.69, 9.17) is 5.21 Å². The standard InChI is InChI=1S/C14H11F3N2O2S/c15-14(16,17)11-5-2-1-4-10(11)8-19(21)9-12(18-20)13-6-3-7-22-13/h1-8,20H,9H2/b18-12-,19-8-. The van der Waals surface area contributed by atoms with Crippen molar-refractivity contribution < 1.29 is 23.1 Å². The maximum absolute atomic E-state index is 12.8. The van der Waals surface area contributed by atoms with Crippen molar-refractivity contribution in [3.8, 4) is 0 Å². The minimum atomic E-state index is -4.55. The molecule has 8 heteroatoms. The van der Waals surface area contributed by atoms with Crippen LogP contribution in [0.15, 0.2) is 46.9 Å². The number of hydroxylamine groups is 1. The number of alkyl halides is 3. The van der Waals surface area contributed by atoms with Crippen molar-refractivity contribution in [3.63, 3.8) is 0 Å². The lowest BCUT2D eigenvalue weighted by Gasteiger charge is -2.10. The highest BCUT2D eigenvalue weighted by Gasteiger charge is 2.33. The predicted octanol–water partition coefficient (Wildman–Crippen LogP) is 3.57. The summed E-state index contributed by atoms with van der Waals surface area (Å²) in [6.45, 7) is -0.358. The van der Waals surface area contributed by atoms with E-state index in [-0.39, 0.29) is 17.8 Å². The molecule has 1 N–H and O–H groups in total. The zero-order valence-corrected chi connectivity index (χ0v) is 11.9. The van der Waals surface area contributed by atoms with Crippen LogP contribution in [0, 0.1) is 5.21 Å². The number of halogens is 3.